The minimum Gasteiger partial charge on any atom is -0.505 e. The quantitative estimate of drug-likeness (QED) is 0.734. The molecule has 1 saturated carbocycles. The fourth-order valence-corrected chi connectivity index (χ4v) is 2.65. The van der Waals surface area contributed by atoms with Crippen molar-refractivity contribution in [2.45, 2.75) is 25.7 Å². The molecular formula is C14H19FN2O2. The Morgan fingerprint density at radius 3 is 2.84 bits per heavy atom. The van der Waals surface area contributed by atoms with Crippen LogP contribution in [0.3, 0.4) is 0 Å². The summed E-state index contributed by atoms with van der Waals surface area (Å²) in [6.07, 6.45) is 3.94. The van der Waals surface area contributed by atoms with E-state index in [1.165, 1.54) is 12.1 Å². The summed E-state index contributed by atoms with van der Waals surface area (Å²) in [6.45, 7) is 0.502. The lowest BCUT2D eigenvalue weighted by Crippen LogP contribution is -2.35. The van der Waals surface area contributed by atoms with Crippen LogP contribution in [-0.4, -0.2) is 17.6 Å². The molecule has 0 aromatic heterocycles. The summed E-state index contributed by atoms with van der Waals surface area (Å²) in [4.78, 5) is 12.2. The van der Waals surface area contributed by atoms with Gasteiger partial charge in [0, 0.05) is 17.7 Å². The molecule has 4 N–H and O–H groups in total. The number of phenolic OH excluding ortho intramolecular Hbond substituents is 1. The maximum atomic E-state index is 13.2. The predicted octanol–water partition coefficient (Wildman–Crippen LogP) is 2.23. The molecule has 1 aromatic carbocycles. The molecule has 4 nitrogen and oxygen atoms in total. The number of hydrogen-bond donors (Lipinski definition) is 3. The first kappa shape index (κ1) is 13.8. The van der Waals surface area contributed by atoms with Crippen LogP contribution in [0.4, 0.5) is 10.1 Å². The summed E-state index contributed by atoms with van der Waals surface area (Å²) < 4.78 is 13.2. The molecule has 2 rings (SSSR count). The molecule has 0 aliphatic heterocycles. The highest BCUT2D eigenvalue weighted by Gasteiger charge is 2.29. The average Bonchev–Trinajstić information content (AvgIpc) is 2.43. The van der Waals surface area contributed by atoms with Gasteiger partial charge in [-0.05, 0) is 37.4 Å². The van der Waals surface area contributed by atoms with Crippen molar-refractivity contribution in [3.8, 4) is 5.75 Å². The molecule has 1 aromatic rings. The van der Waals surface area contributed by atoms with Gasteiger partial charge >= 0.3 is 0 Å². The second-order valence-corrected chi connectivity index (χ2v) is 5.04. The number of halogens is 1. The second-order valence-electron chi connectivity index (χ2n) is 5.04. The molecule has 0 bridgehead atoms. The fraction of sp³-hybridized carbons (Fsp3) is 0.500. The van der Waals surface area contributed by atoms with Crippen LogP contribution in [0.25, 0.3) is 0 Å². The topological polar surface area (TPSA) is 75.4 Å². The Morgan fingerprint density at radius 1 is 1.42 bits per heavy atom. The molecule has 0 heterocycles. The number of carbonyl (C=O) groups excluding carboxylic acids is 1. The summed E-state index contributed by atoms with van der Waals surface area (Å²) in [5.41, 5.74) is 6.06. The Labute approximate surface area is 111 Å². The largest absolute Gasteiger partial charge is 0.505 e. The molecule has 104 valence electrons. The zero-order chi connectivity index (χ0) is 13.8. The van der Waals surface area contributed by atoms with Crippen LogP contribution >= 0.6 is 0 Å². The van der Waals surface area contributed by atoms with Gasteiger partial charge in [-0.25, -0.2) is 4.39 Å². The average molecular weight is 266 g/mol. The van der Waals surface area contributed by atoms with Gasteiger partial charge in [0.1, 0.15) is 0 Å². The summed E-state index contributed by atoms with van der Waals surface area (Å²) in [5.74, 6) is -1.17. The lowest BCUT2D eigenvalue weighted by molar-refractivity contribution is -0.122. The van der Waals surface area contributed by atoms with E-state index in [0.717, 1.165) is 31.7 Å². The maximum absolute atomic E-state index is 13.2. The van der Waals surface area contributed by atoms with Gasteiger partial charge in [0.15, 0.2) is 11.6 Å². The van der Waals surface area contributed by atoms with Crippen molar-refractivity contribution < 1.29 is 14.3 Å². The standard InChI is InChI=1S/C14H19FN2O2/c15-12-7-10(5-6-13(12)18)17-14(19)11-4-2-1-3-9(11)8-16/h5-7,9,11,18H,1-4,8,16H2,(H,17,19). The minimum atomic E-state index is -0.739. The zero-order valence-electron chi connectivity index (χ0n) is 10.7. The van der Waals surface area contributed by atoms with Crippen molar-refractivity contribution in [1.82, 2.24) is 0 Å². The predicted molar refractivity (Wildman–Crippen MR) is 71.2 cm³/mol. The first-order valence-electron chi connectivity index (χ1n) is 6.61. The van der Waals surface area contributed by atoms with Crippen molar-refractivity contribution in [2.75, 3.05) is 11.9 Å². The third kappa shape index (κ3) is 3.23. The van der Waals surface area contributed by atoms with Crippen molar-refractivity contribution in [3.05, 3.63) is 24.0 Å². The molecule has 0 spiro atoms. The molecule has 0 radical (unpaired) electrons. The van der Waals surface area contributed by atoms with Crippen LogP contribution in [0.1, 0.15) is 25.7 Å². The number of aromatic hydroxyl groups is 1. The van der Waals surface area contributed by atoms with E-state index in [-0.39, 0.29) is 17.7 Å². The normalized spacial score (nSPS) is 23.1. The van der Waals surface area contributed by atoms with E-state index in [0.29, 0.717) is 12.2 Å². The number of phenols is 1. The summed E-state index contributed by atoms with van der Waals surface area (Å²) in [6, 6.07) is 3.83. The lowest BCUT2D eigenvalue weighted by atomic mass is 9.78. The number of hydrogen-bond acceptors (Lipinski definition) is 3. The monoisotopic (exact) mass is 266 g/mol. The molecule has 1 aliphatic rings. The van der Waals surface area contributed by atoms with E-state index in [1.54, 1.807) is 0 Å². The summed E-state index contributed by atoms with van der Waals surface area (Å²) >= 11 is 0. The number of anilines is 1. The number of benzene rings is 1. The highest BCUT2D eigenvalue weighted by atomic mass is 19.1. The van der Waals surface area contributed by atoms with Gasteiger partial charge in [0.2, 0.25) is 5.91 Å². The number of amides is 1. The van der Waals surface area contributed by atoms with Crippen LogP contribution in [-0.2, 0) is 4.79 Å². The van der Waals surface area contributed by atoms with Gasteiger partial charge in [-0.1, -0.05) is 12.8 Å². The van der Waals surface area contributed by atoms with Crippen LogP contribution in [0.15, 0.2) is 18.2 Å². The van der Waals surface area contributed by atoms with Crippen LogP contribution < -0.4 is 11.1 Å². The lowest BCUT2D eigenvalue weighted by Gasteiger charge is -2.29. The van der Waals surface area contributed by atoms with Crippen molar-refractivity contribution >= 4 is 11.6 Å². The molecule has 1 aliphatic carbocycles. The highest BCUT2D eigenvalue weighted by molar-refractivity contribution is 5.92. The molecule has 0 saturated heterocycles. The Hall–Kier alpha value is -1.62. The molecule has 1 fully saturated rings. The fourth-order valence-electron chi connectivity index (χ4n) is 2.65. The number of rotatable bonds is 3. The molecule has 2 unspecified atom stereocenters. The van der Waals surface area contributed by atoms with E-state index < -0.39 is 11.6 Å². The Kier molecular flexibility index (Phi) is 4.37. The molecular weight excluding hydrogens is 247 g/mol. The van der Waals surface area contributed by atoms with E-state index in [1.807, 2.05) is 0 Å². The Bertz CT molecular complexity index is 465. The van der Waals surface area contributed by atoms with Crippen LogP contribution in [0, 0.1) is 17.7 Å². The van der Waals surface area contributed by atoms with Crippen LogP contribution in [0.5, 0.6) is 5.75 Å². The Morgan fingerprint density at radius 2 is 2.16 bits per heavy atom. The van der Waals surface area contributed by atoms with E-state index in [9.17, 15) is 9.18 Å². The third-order valence-electron chi connectivity index (χ3n) is 3.76. The SMILES string of the molecule is NCC1CCCCC1C(=O)Nc1ccc(O)c(F)c1. The van der Waals surface area contributed by atoms with Gasteiger partial charge in [-0.15, -0.1) is 0 Å². The molecule has 2 atom stereocenters. The van der Waals surface area contributed by atoms with E-state index in [2.05, 4.69) is 5.32 Å². The first-order chi connectivity index (χ1) is 9.11. The maximum Gasteiger partial charge on any atom is 0.227 e. The molecule has 19 heavy (non-hydrogen) atoms. The van der Waals surface area contributed by atoms with Gasteiger partial charge in [0.25, 0.3) is 0 Å². The van der Waals surface area contributed by atoms with Gasteiger partial charge in [0.05, 0.1) is 0 Å². The molecule has 5 heteroatoms. The second kappa shape index (κ2) is 6.02. The number of nitrogens with two attached hydrogens (primary N) is 1. The van der Waals surface area contributed by atoms with Gasteiger partial charge in [-0.2, -0.15) is 0 Å². The summed E-state index contributed by atoms with van der Waals surface area (Å²) in [7, 11) is 0. The van der Waals surface area contributed by atoms with Gasteiger partial charge in [-0.3, -0.25) is 4.79 Å². The van der Waals surface area contributed by atoms with Gasteiger partial charge < -0.3 is 16.2 Å². The number of nitrogens with one attached hydrogen (secondary N) is 1. The van der Waals surface area contributed by atoms with Crippen molar-refractivity contribution in [1.29, 1.82) is 0 Å². The van der Waals surface area contributed by atoms with Crippen LogP contribution in [0.2, 0.25) is 0 Å². The van der Waals surface area contributed by atoms with Crippen molar-refractivity contribution in [2.24, 2.45) is 17.6 Å². The Balaban J connectivity index is 2.05. The highest BCUT2D eigenvalue weighted by Crippen LogP contribution is 2.30. The number of carbonyl (C=O) groups is 1. The summed E-state index contributed by atoms with van der Waals surface area (Å²) in [5, 5.41) is 11.8. The smallest absolute Gasteiger partial charge is 0.227 e. The van der Waals surface area contributed by atoms with Crippen molar-refractivity contribution in [3.63, 3.8) is 0 Å². The first-order valence-corrected chi connectivity index (χ1v) is 6.61. The van der Waals surface area contributed by atoms with E-state index >= 15 is 0 Å². The molecule has 1 amide bonds. The minimum absolute atomic E-state index is 0.101. The zero-order valence-corrected chi connectivity index (χ0v) is 10.7. The van der Waals surface area contributed by atoms with E-state index in [4.69, 9.17) is 10.8 Å². The third-order valence-corrected chi connectivity index (χ3v) is 3.76.